The largest absolute Gasteiger partial charge is 0.338 e. The number of hydrogen-bond donors (Lipinski definition) is 0. The van der Waals surface area contributed by atoms with Crippen LogP contribution in [0, 0.1) is 12.8 Å². The highest BCUT2D eigenvalue weighted by atomic mass is 79.9. The zero-order valence-electron chi connectivity index (χ0n) is 11.9. The maximum absolute atomic E-state index is 12.7. The van der Waals surface area contributed by atoms with E-state index < -0.39 is 0 Å². The third-order valence-corrected chi connectivity index (χ3v) is 5.24. The second-order valence-corrected chi connectivity index (χ2v) is 6.51. The first-order chi connectivity index (χ1) is 9.02. The molecule has 2 atom stereocenters. The van der Waals surface area contributed by atoms with Crippen molar-refractivity contribution in [2.45, 2.75) is 45.6 Å². The van der Waals surface area contributed by atoms with E-state index in [1.54, 1.807) is 0 Å². The average molecular weight is 324 g/mol. The van der Waals surface area contributed by atoms with Crippen LogP contribution in [-0.2, 0) is 0 Å². The summed E-state index contributed by atoms with van der Waals surface area (Å²) < 4.78 is 1.00. The summed E-state index contributed by atoms with van der Waals surface area (Å²) in [6, 6.07) is 6.23. The molecule has 2 rings (SSSR count). The van der Waals surface area contributed by atoms with Crippen molar-refractivity contribution in [3.05, 3.63) is 33.8 Å². The predicted molar refractivity (Wildman–Crippen MR) is 82.4 cm³/mol. The maximum atomic E-state index is 12.7. The summed E-state index contributed by atoms with van der Waals surface area (Å²) in [5.41, 5.74) is 1.84. The zero-order valence-corrected chi connectivity index (χ0v) is 13.5. The standard InChI is InChI=1S/C16H22BrNO/c1-11-7-4-5-10-15(11)18(3)16(19)13-8-6-9-14(17)12(13)2/h6,8-9,11,15H,4-5,7,10H2,1-3H3. The summed E-state index contributed by atoms with van der Waals surface area (Å²) in [5.74, 6) is 0.757. The predicted octanol–water partition coefficient (Wildman–Crippen LogP) is 4.41. The Bertz CT molecular complexity index is 472. The van der Waals surface area contributed by atoms with Crippen molar-refractivity contribution in [2.75, 3.05) is 7.05 Å². The molecule has 1 aromatic rings. The van der Waals surface area contributed by atoms with E-state index in [-0.39, 0.29) is 5.91 Å². The van der Waals surface area contributed by atoms with Crippen LogP contribution in [0.25, 0.3) is 0 Å². The molecule has 1 aromatic carbocycles. The fourth-order valence-electron chi connectivity index (χ4n) is 3.05. The van der Waals surface area contributed by atoms with Crippen molar-refractivity contribution < 1.29 is 4.79 Å². The molecule has 2 nitrogen and oxygen atoms in total. The quantitative estimate of drug-likeness (QED) is 0.789. The molecule has 0 radical (unpaired) electrons. The van der Waals surface area contributed by atoms with E-state index in [0.717, 1.165) is 22.0 Å². The zero-order chi connectivity index (χ0) is 14.0. The van der Waals surface area contributed by atoms with E-state index >= 15 is 0 Å². The normalized spacial score (nSPS) is 23.2. The van der Waals surface area contributed by atoms with Gasteiger partial charge in [0, 0.05) is 23.1 Å². The molecule has 0 bridgehead atoms. The SMILES string of the molecule is Cc1c(Br)cccc1C(=O)N(C)C1CCCCC1C. The Kier molecular flexibility index (Phi) is 4.67. The van der Waals surface area contributed by atoms with Gasteiger partial charge in [0.2, 0.25) is 0 Å². The first-order valence-electron chi connectivity index (χ1n) is 7.04. The van der Waals surface area contributed by atoms with Gasteiger partial charge in [-0.15, -0.1) is 0 Å². The minimum Gasteiger partial charge on any atom is -0.338 e. The van der Waals surface area contributed by atoms with Gasteiger partial charge in [0.05, 0.1) is 0 Å². The molecule has 0 N–H and O–H groups in total. The van der Waals surface area contributed by atoms with Crippen LogP contribution in [0.3, 0.4) is 0 Å². The summed E-state index contributed by atoms with van der Waals surface area (Å²) in [6.45, 7) is 4.26. The van der Waals surface area contributed by atoms with Crippen molar-refractivity contribution in [2.24, 2.45) is 5.92 Å². The molecule has 0 spiro atoms. The molecule has 1 aliphatic rings. The number of rotatable bonds is 2. The summed E-state index contributed by atoms with van der Waals surface area (Å²) in [4.78, 5) is 14.6. The molecule has 1 aliphatic carbocycles. The second-order valence-electron chi connectivity index (χ2n) is 5.66. The van der Waals surface area contributed by atoms with E-state index in [9.17, 15) is 4.79 Å². The molecule has 0 heterocycles. The van der Waals surface area contributed by atoms with Gasteiger partial charge in [0.25, 0.3) is 5.91 Å². The molecule has 2 unspecified atom stereocenters. The molecule has 104 valence electrons. The van der Waals surface area contributed by atoms with Crippen LogP contribution in [0.15, 0.2) is 22.7 Å². The van der Waals surface area contributed by atoms with Crippen LogP contribution in [0.4, 0.5) is 0 Å². The minimum atomic E-state index is 0.151. The lowest BCUT2D eigenvalue weighted by Gasteiger charge is -2.36. The lowest BCUT2D eigenvalue weighted by molar-refractivity contribution is 0.0628. The Hall–Kier alpha value is -0.830. The molecule has 0 aromatic heterocycles. The summed E-state index contributed by atoms with van der Waals surface area (Å²) in [5, 5.41) is 0. The summed E-state index contributed by atoms with van der Waals surface area (Å²) >= 11 is 3.50. The minimum absolute atomic E-state index is 0.151. The Morgan fingerprint density at radius 2 is 2.00 bits per heavy atom. The van der Waals surface area contributed by atoms with Gasteiger partial charge < -0.3 is 4.90 Å². The van der Waals surface area contributed by atoms with Gasteiger partial charge in [-0.3, -0.25) is 4.79 Å². The Morgan fingerprint density at radius 1 is 1.32 bits per heavy atom. The smallest absolute Gasteiger partial charge is 0.254 e. The van der Waals surface area contributed by atoms with Gasteiger partial charge in [0.15, 0.2) is 0 Å². The highest BCUT2D eigenvalue weighted by molar-refractivity contribution is 9.10. The van der Waals surface area contributed by atoms with Gasteiger partial charge in [-0.1, -0.05) is 41.8 Å². The van der Waals surface area contributed by atoms with Crippen molar-refractivity contribution >= 4 is 21.8 Å². The molecule has 1 saturated carbocycles. The summed E-state index contributed by atoms with van der Waals surface area (Å²) in [6.07, 6.45) is 4.91. The molecule has 1 amide bonds. The summed E-state index contributed by atoms with van der Waals surface area (Å²) in [7, 11) is 1.95. The number of nitrogens with zero attached hydrogens (tertiary/aromatic N) is 1. The van der Waals surface area contributed by atoms with Gasteiger partial charge in [-0.2, -0.15) is 0 Å². The van der Waals surface area contributed by atoms with Crippen LogP contribution in [0.5, 0.6) is 0 Å². The number of benzene rings is 1. The van der Waals surface area contributed by atoms with Gasteiger partial charge in [-0.05, 0) is 43.4 Å². The van der Waals surface area contributed by atoms with Crippen LogP contribution in [0.2, 0.25) is 0 Å². The molecule has 1 fully saturated rings. The Morgan fingerprint density at radius 3 is 2.68 bits per heavy atom. The fourth-order valence-corrected chi connectivity index (χ4v) is 3.42. The van der Waals surface area contributed by atoms with Crippen LogP contribution < -0.4 is 0 Å². The van der Waals surface area contributed by atoms with Gasteiger partial charge in [0.1, 0.15) is 0 Å². The highest BCUT2D eigenvalue weighted by Crippen LogP contribution is 2.29. The average Bonchev–Trinajstić information content (AvgIpc) is 2.41. The maximum Gasteiger partial charge on any atom is 0.254 e. The second kappa shape index (κ2) is 6.08. The Labute approximate surface area is 124 Å². The number of carbonyl (C=O) groups is 1. The van der Waals surface area contributed by atoms with Gasteiger partial charge in [-0.25, -0.2) is 0 Å². The first kappa shape index (κ1) is 14.6. The monoisotopic (exact) mass is 323 g/mol. The number of carbonyl (C=O) groups excluding carboxylic acids is 1. The molecule has 0 aliphatic heterocycles. The lowest BCUT2D eigenvalue weighted by atomic mass is 9.85. The molecule has 19 heavy (non-hydrogen) atoms. The van der Waals surface area contributed by atoms with Crippen LogP contribution in [-0.4, -0.2) is 23.9 Å². The van der Waals surface area contributed by atoms with Crippen LogP contribution in [0.1, 0.15) is 48.5 Å². The topological polar surface area (TPSA) is 20.3 Å². The molecular weight excluding hydrogens is 302 g/mol. The van der Waals surface area contributed by atoms with E-state index in [1.165, 1.54) is 19.3 Å². The fraction of sp³-hybridized carbons (Fsp3) is 0.562. The van der Waals surface area contributed by atoms with Crippen molar-refractivity contribution in [3.63, 3.8) is 0 Å². The molecular formula is C16H22BrNO. The van der Waals surface area contributed by atoms with Crippen molar-refractivity contribution in [1.29, 1.82) is 0 Å². The number of halogens is 1. The number of amides is 1. The number of hydrogen-bond acceptors (Lipinski definition) is 1. The van der Waals surface area contributed by atoms with Crippen molar-refractivity contribution in [1.82, 2.24) is 4.90 Å². The third-order valence-electron chi connectivity index (χ3n) is 4.38. The Balaban J connectivity index is 2.21. The van der Waals surface area contributed by atoms with E-state index in [4.69, 9.17) is 0 Å². The highest BCUT2D eigenvalue weighted by Gasteiger charge is 2.28. The lowest BCUT2D eigenvalue weighted by Crippen LogP contribution is -2.42. The van der Waals surface area contributed by atoms with Crippen molar-refractivity contribution in [3.8, 4) is 0 Å². The third kappa shape index (κ3) is 3.02. The van der Waals surface area contributed by atoms with Gasteiger partial charge >= 0.3 is 0 Å². The first-order valence-corrected chi connectivity index (χ1v) is 7.84. The van der Waals surface area contributed by atoms with Crippen LogP contribution >= 0.6 is 15.9 Å². The van der Waals surface area contributed by atoms with E-state index in [0.29, 0.717) is 12.0 Å². The molecule has 3 heteroatoms. The van der Waals surface area contributed by atoms with E-state index in [1.807, 2.05) is 37.1 Å². The van der Waals surface area contributed by atoms with E-state index in [2.05, 4.69) is 22.9 Å². The molecule has 0 saturated heterocycles.